The van der Waals surface area contributed by atoms with Gasteiger partial charge in [-0.25, -0.2) is 0 Å². The molecule has 3 aliphatic rings. The average Bonchev–Trinajstić information content (AvgIpc) is 3.33. The molecule has 0 atom stereocenters. The van der Waals surface area contributed by atoms with Crippen molar-refractivity contribution >= 4 is 50.7 Å². The highest BCUT2D eigenvalue weighted by Gasteiger charge is 2.36. The van der Waals surface area contributed by atoms with Crippen molar-refractivity contribution < 1.29 is 14.7 Å². The average molecular weight is 482 g/mol. The first-order chi connectivity index (χ1) is 16.0. The van der Waals surface area contributed by atoms with E-state index in [1.54, 1.807) is 11.3 Å². The van der Waals surface area contributed by atoms with Crippen molar-refractivity contribution in [3.8, 4) is 11.1 Å². The van der Waals surface area contributed by atoms with Crippen LogP contribution in [0.1, 0.15) is 42.5 Å². The zero-order valence-corrected chi connectivity index (χ0v) is 19.7. The number of amides is 2. The van der Waals surface area contributed by atoms with E-state index in [-0.39, 0.29) is 17.9 Å². The number of fused-ring (bicyclic) bond motifs is 2. The number of carbonyl (C=O) groups is 2. The molecule has 0 spiro atoms. The highest BCUT2D eigenvalue weighted by atomic mass is 35.5. The molecule has 6 rings (SSSR count). The number of benzene rings is 1. The van der Waals surface area contributed by atoms with Crippen LogP contribution < -0.4 is 4.90 Å². The lowest BCUT2D eigenvalue weighted by atomic mass is 9.84. The number of anilines is 1. The Labute approximate surface area is 200 Å². The van der Waals surface area contributed by atoms with Crippen LogP contribution in [-0.4, -0.2) is 45.5 Å². The predicted molar refractivity (Wildman–Crippen MR) is 130 cm³/mol. The van der Waals surface area contributed by atoms with Crippen LogP contribution in [-0.2, 0) is 22.6 Å². The van der Waals surface area contributed by atoms with Crippen LogP contribution in [0.15, 0.2) is 30.5 Å². The SMILES string of the molecule is O=C1CCC(=O)N1Cc1cc2nccc(-c3cc(Cl)cc4c3N(C3CC(O)C3)CCC4)c2s1. The van der Waals surface area contributed by atoms with Crippen molar-refractivity contribution in [3.63, 3.8) is 0 Å². The number of nitrogens with zero attached hydrogens (tertiary/aromatic N) is 3. The number of pyridine rings is 1. The maximum Gasteiger partial charge on any atom is 0.230 e. The van der Waals surface area contributed by atoms with E-state index in [0.717, 1.165) is 58.4 Å². The fraction of sp³-hybridized carbons (Fsp3) is 0.400. The first kappa shape index (κ1) is 21.1. The van der Waals surface area contributed by atoms with Gasteiger partial charge in [0.15, 0.2) is 0 Å². The molecule has 2 fully saturated rings. The van der Waals surface area contributed by atoms with Crippen LogP contribution in [0.4, 0.5) is 5.69 Å². The summed E-state index contributed by atoms with van der Waals surface area (Å²) in [6.45, 7) is 1.28. The molecule has 0 bridgehead atoms. The van der Waals surface area contributed by atoms with Crippen LogP contribution in [0.5, 0.6) is 0 Å². The number of aryl methyl sites for hydroxylation is 1. The van der Waals surface area contributed by atoms with Gasteiger partial charge < -0.3 is 10.0 Å². The second kappa shape index (κ2) is 8.08. The number of halogens is 1. The van der Waals surface area contributed by atoms with E-state index in [9.17, 15) is 14.7 Å². The third-order valence-corrected chi connectivity index (χ3v) is 8.40. The molecule has 3 aromatic rings. The first-order valence-electron chi connectivity index (χ1n) is 11.5. The van der Waals surface area contributed by atoms with Gasteiger partial charge in [-0.1, -0.05) is 11.6 Å². The minimum atomic E-state index is -0.209. The third-order valence-electron chi connectivity index (χ3n) is 7.04. The number of likely N-dealkylation sites (tertiary alicyclic amines) is 1. The highest BCUT2D eigenvalue weighted by Crippen LogP contribution is 2.46. The summed E-state index contributed by atoms with van der Waals surface area (Å²) in [5, 5.41) is 10.6. The van der Waals surface area contributed by atoms with E-state index < -0.39 is 0 Å². The summed E-state index contributed by atoms with van der Waals surface area (Å²) in [4.78, 5) is 33.5. The first-order valence-corrected chi connectivity index (χ1v) is 12.7. The molecule has 2 amide bonds. The van der Waals surface area contributed by atoms with Gasteiger partial charge in [0.05, 0.1) is 22.9 Å². The zero-order valence-electron chi connectivity index (χ0n) is 18.1. The van der Waals surface area contributed by atoms with Gasteiger partial charge in [-0.05, 0) is 55.5 Å². The Morgan fingerprint density at radius 1 is 1.09 bits per heavy atom. The van der Waals surface area contributed by atoms with Gasteiger partial charge in [-0.2, -0.15) is 0 Å². The molecule has 33 heavy (non-hydrogen) atoms. The molecule has 1 saturated carbocycles. The third kappa shape index (κ3) is 3.63. The van der Waals surface area contributed by atoms with Crippen molar-refractivity contribution in [1.29, 1.82) is 0 Å². The van der Waals surface area contributed by atoms with Crippen molar-refractivity contribution in [2.75, 3.05) is 11.4 Å². The zero-order chi connectivity index (χ0) is 22.7. The fourth-order valence-electron chi connectivity index (χ4n) is 5.35. The maximum atomic E-state index is 12.1. The Bertz CT molecular complexity index is 1270. The lowest BCUT2D eigenvalue weighted by Crippen LogP contribution is -2.49. The Hall–Kier alpha value is -2.48. The normalized spacial score (nSPS) is 22.7. The van der Waals surface area contributed by atoms with Gasteiger partial charge in [-0.15, -0.1) is 11.3 Å². The number of thiophene rings is 1. The van der Waals surface area contributed by atoms with Crippen LogP contribution in [0.3, 0.4) is 0 Å². The standard InChI is InChI=1S/C25H24ClN3O3S/c26-15-8-14-2-1-7-28(16-10-17(30)11-16)24(14)20(9-15)19-5-6-27-21-12-18(33-25(19)21)13-29-22(31)3-4-23(29)32/h5-6,8-9,12,16-17,30H,1-4,7,10-11,13H2. The number of hydrogen-bond donors (Lipinski definition) is 1. The number of carbonyl (C=O) groups excluding carboxylic acids is 2. The molecule has 6 nitrogen and oxygen atoms in total. The minimum absolute atomic E-state index is 0.104. The van der Waals surface area contributed by atoms with Gasteiger partial charge in [0.25, 0.3) is 0 Å². The van der Waals surface area contributed by atoms with E-state index in [1.165, 1.54) is 16.2 Å². The molecule has 8 heteroatoms. The second-order valence-electron chi connectivity index (χ2n) is 9.20. The molecular formula is C25H24ClN3O3S. The summed E-state index contributed by atoms with van der Waals surface area (Å²) >= 11 is 8.17. The molecule has 1 saturated heterocycles. The molecule has 0 radical (unpaired) electrons. The molecule has 1 N–H and O–H groups in total. The quantitative estimate of drug-likeness (QED) is 0.554. The van der Waals surface area contributed by atoms with Crippen molar-refractivity contribution in [1.82, 2.24) is 9.88 Å². The summed E-state index contributed by atoms with van der Waals surface area (Å²) in [7, 11) is 0. The van der Waals surface area contributed by atoms with Gasteiger partial charge >= 0.3 is 0 Å². The molecule has 2 aromatic heterocycles. The number of hydrogen-bond acceptors (Lipinski definition) is 6. The number of aliphatic hydroxyl groups excluding tert-OH is 1. The predicted octanol–water partition coefficient (Wildman–Crippen LogP) is 4.54. The van der Waals surface area contributed by atoms with Gasteiger partial charge in [-0.3, -0.25) is 19.5 Å². The van der Waals surface area contributed by atoms with Gasteiger partial charge in [0.2, 0.25) is 11.8 Å². The highest BCUT2D eigenvalue weighted by molar-refractivity contribution is 7.19. The smallest absolute Gasteiger partial charge is 0.230 e. The van der Waals surface area contributed by atoms with E-state index in [0.29, 0.717) is 30.5 Å². The van der Waals surface area contributed by atoms with Crippen molar-refractivity contribution in [2.45, 2.75) is 57.2 Å². The summed E-state index contributed by atoms with van der Waals surface area (Å²) in [6, 6.07) is 8.48. The second-order valence-corrected chi connectivity index (χ2v) is 10.8. The number of imide groups is 1. The largest absolute Gasteiger partial charge is 0.393 e. The maximum absolute atomic E-state index is 12.1. The molecule has 1 aromatic carbocycles. The molecule has 170 valence electrons. The Kier molecular flexibility index (Phi) is 5.16. The van der Waals surface area contributed by atoms with E-state index in [2.05, 4.69) is 16.0 Å². The van der Waals surface area contributed by atoms with Crippen molar-refractivity contribution in [2.24, 2.45) is 0 Å². The van der Waals surface area contributed by atoms with Crippen LogP contribution in [0.25, 0.3) is 21.3 Å². The van der Waals surface area contributed by atoms with Gasteiger partial charge in [0, 0.05) is 58.3 Å². The van der Waals surface area contributed by atoms with Crippen LogP contribution in [0.2, 0.25) is 5.02 Å². The van der Waals surface area contributed by atoms with E-state index in [1.807, 2.05) is 24.4 Å². The summed E-state index contributed by atoms with van der Waals surface area (Å²) < 4.78 is 1.04. The number of aromatic nitrogens is 1. The fourth-order valence-corrected chi connectivity index (χ4v) is 6.73. The Morgan fingerprint density at radius 3 is 2.64 bits per heavy atom. The molecule has 2 aliphatic heterocycles. The lowest BCUT2D eigenvalue weighted by Gasteiger charge is -2.45. The Morgan fingerprint density at radius 2 is 1.88 bits per heavy atom. The molecule has 1 aliphatic carbocycles. The van der Waals surface area contributed by atoms with Gasteiger partial charge in [0.1, 0.15) is 0 Å². The molecular weight excluding hydrogens is 458 g/mol. The van der Waals surface area contributed by atoms with Crippen LogP contribution >= 0.6 is 22.9 Å². The summed E-state index contributed by atoms with van der Waals surface area (Å²) in [5.74, 6) is -0.208. The molecule has 4 heterocycles. The summed E-state index contributed by atoms with van der Waals surface area (Å²) in [6.07, 6.45) is 5.86. The number of rotatable bonds is 4. The van der Waals surface area contributed by atoms with E-state index in [4.69, 9.17) is 11.6 Å². The topological polar surface area (TPSA) is 73.7 Å². The lowest BCUT2D eigenvalue weighted by molar-refractivity contribution is -0.138. The number of aliphatic hydroxyl groups is 1. The van der Waals surface area contributed by atoms with Crippen LogP contribution in [0, 0.1) is 0 Å². The summed E-state index contributed by atoms with van der Waals surface area (Å²) in [5.41, 5.74) is 5.49. The van der Waals surface area contributed by atoms with E-state index >= 15 is 0 Å². The monoisotopic (exact) mass is 481 g/mol. The molecule has 0 unspecified atom stereocenters. The Balaban J connectivity index is 1.45. The van der Waals surface area contributed by atoms with Crippen molar-refractivity contribution in [3.05, 3.63) is 45.9 Å². The minimum Gasteiger partial charge on any atom is -0.393 e.